The summed E-state index contributed by atoms with van der Waals surface area (Å²) in [5.41, 5.74) is 1.69. The molecule has 1 N–H and O–H groups in total. The summed E-state index contributed by atoms with van der Waals surface area (Å²) < 4.78 is 6.39. The second-order valence-electron chi connectivity index (χ2n) is 6.57. The Bertz CT molecular complexity index is 819. The summed E-state index contributed by atoms with van der Waals surface area (Å²) in [6.45, 7) is 6.55. The van der Waals surface area contributed by atoms with Crippen molar-refractivity contribution in [2.24, 2.45) is 5.92 Å². The van der Waals surface area contributed by atoms with Crippen LogP contribution in [0.3, 0.4) is 0 Å². The summed E-state index contributed by atoms with van der Waals surface area (Å²) in [5.74, 6) is 0.280. The fraction of sp³-hybridized carbons (Fsp3) is 0.588. The van der Waals surface area contributed by atoms with E-state index in [-0.39, 0.29) is 12.2 Å². The minimum Gasteiger partial charge on any atom is -0.462 e. The Morgan fingerprint density at radius 2 is 2.25 bits per heavy atom. The molecule has 1 atom stereocenters. The molecule has 1 unspecified atom stereocenters. The average molecular weight is 332 g/mol. The summed E-state index contributed by atoms with van der Waals surface area (Å²) in [7, 11) is 2.04. The molecule has 3 rings (SSSR count). The number of aromatic nitrogens is 3. The number of rotatable bonds is 6. The molecular weight excluding hydrogens is 308 g/mol. The number of H-pyrrole nitrogens is 1. The molecule has 0 aromatic carbocycles. The van der Waals surface area contributed by atoms with E-state index in [0.717, 1.165) is 5.92 Å². The molecule has 0 aliphatic heterocycles. The minimum atomic E-state index is -0.461. The van der Waals surface area contributed by atoms with Crippen LogP contribution in [0, 0.1) is 12.8 Å². The van der Waals surface area contributed by atoms with E-state index in [9.17, 15) is 9.59 Å². The zero-order valence-corrected chi connectivity index (χ0v) is 14.6. The van der Waals surface area contributed by atoms with Crippen molar-refractivity contribution in [2.45, 2.75) is 46.2 Å². The lowest BCUT2D eigenvalue weighted by Gasteiger charge is -2.24. The zero-order chi connectivity index (χ0) is 17.4. The lowest BCUT2D eigenvalue weighted by atomic mass is 10.2. The number of esters is 1. The molecule has 0 amide bonds. The quantitative estimate of drug-likeness (QED) is 0.815. The molecule has 1 aliphatic carbocycles. The van der Waals surface area contributed by atoms with Crippen molar-refractivity contribution >= 4 is 11.6 Å². The third-order valence-electron chi connectivity index (χ3n) is 4.74. The van der Waals surface area contributed by atoms with Crippen molar-refractivity contribution in [2.75, 3.05) is 13.7 Å². The van der Waals surface area contributed by atoms with Gasteiger partial charge in [0.05, 0.1) is 12.3 Å². The second kappa shape index (κ2) is 6.39. The summed E-state index contributed by atoms with van der Waals surface area (Å²) in [4.78, 5) is 31.3. The standard InChI is InChI=1S/C17H24N4O3/c1-5-24-17(23)15-10(2)19-21-14(22)8-13(18-16(15)21)9-20(4)11(3)12-6-7-12/h8,11-12,19H,5-7,9H2,1-4H3. The summed E-state index contributed by atoms with van der Waals surface area (Å²) in [6.07, 6.45) is 2.54. The monoisotopic (exact) mass is 332 g/mol. The van der Waals surface area contributed by atoms with E-state index in [2.05, 4.69) is 21.9 Å². The average Bonchev–Trinajstić information content (AvgIpc) is 3.30. The van der Waals surface area contributed by atoms with Gasteiger partial charge in [-0.05, 0) is 46.6 Å². The molecule has 0 spiro atoms. The Morgan fingerprint density at radius 3 is 2.88 bits per heavy atom. The van der Waals surface area contributed by atoms with Crippen LogP contribution in [0.1, 0.15) is 48.4 Å². The van der Waals surface area contributed by atoms with Crippen LogP contribution in [0.2, 0.25) is 0 Å². The van der Waals surface area contributed by atoms with Crippen LogP contribution in [0.5, 0.6) is 0 Å². The Kier molecular flexibility index (Phi) is 4.45. The van der Waals surface area contributed by atoms with Crippen molar-refractivity contribution < 1.29 is 9.53 Å². The van der Waals surface area contributed by atoms with Crippen LogP contribution < -0.4 is 5.56 Å². The van der Waals surface area contributed by atoms with Crippen molar-refractivity contribution in [3.63, 3.8) is 0 Å². The highest BCUT2D eigenvalue weighted by atomic mass is 16.5. The number of carbonyl (C=O) groups is 1. The molecule has 2 aromatic rings. The predicted molar refractivity (Wildman–Crippen MR) is 90.2 cm³/mol. The predicted octanol–water partition coefficient (Wildman–Crippen LogP) is 1.74. The maximum atomic E-state index is 12.4. The highest BCUT2D eigenvalue weighted by Crippen LogP contribution is 2.34. The summed E-state index contributed by atoms with van der Waals surface area (Å²) >= 11 is 0. The number of fused-ring (bicyclic) bond motifs is 1. The molecule has 0 radical (unpaired) electrons. The van der Waals surface area contributed by atoms with Gasteiger partial charge in [-0.1, -0.05) is 0 Å². The third kappa shape index (κ3) is 3.08. The first-order valence-corrected chi connectivity index (χ1v) is 8.41. The van der Waals surface area contributed by atoms with E-state index < -0.39 is 5.97 Å². The molecule has 2 heterocycles. The second-order valence-corrected chi connectivity index (χ2v) is 6.57. The topological polar surface area (TPSA) is 79.7 Å². The largest absolute Gasteiger partial charge is 0.462 e. The maximum absolute atomic E-state index is 12.4. The molecular formula is C17H24N4O3. The highest BCUT2D eigenvalue weighted by Gasteiger charge is 2.30. The van der Waals surface area contributed by atoms with Crippen molar-refractivity contribution in [1.29, 1.82) is 0 Å². The van der Waals surface area contributed by atoms with Crippen LogP contribution >= 0.6 is 0 Å². The molecule has 130 valence electrons. The van der Waals surface area contributed by atoms with Gasteiger partial charge in [-0.25, -0.2) is 14.3 Å². The summed E-state index contributed by atoms with van der Waals surface area (Å²) in [5, 5.41) is 2.89. The van der Waals surface area contributed by atoms with Crippen molar-refractivity contribution in [3.05, 3.63) is 33.4 Å². The number of hydrogen-bond acceptors (Lipinski definition) is 5. The Hall–Kier alpha value is -2.15. The first kappa shape index (κ1) is 16.7. The third-order valence-corrected chi connectivity index (χ3v) is 4.74. The molecule has 1 aliphatic rings. The van der Waals surface area contributed by atoms with E-state index in [1.54, 1.807) is 13.8 Å². The van der Waals surface area contributed by atoms with E-state index in [1.807, 2.05) is 7.05 Å². The normalized spacial score (nSPS) is 15.9. The number of nitrogens with one attached hydrogen (secondary N) is 1. The van der Waals surface area contributed by atoms with Gasteiger partial charge in [0.15, 0.2) is 5.65 Å². The summed E-state index contributed by atoms with van der Waals surface area (Å²) in [6, 6.07) is 1.98. The smallest absolute Gasteiger partial charge is 0.343 e. The Labute approximate surface area is 140 Å². The van der Waals surface area contributed by atoms with Crippen LogP contribution in [-0.4, -0.2) is 45.2 Å². The van der Waals surface area contributed by atoms with Crippen LogP contribution in [0.15, 0.2) is 10.9 Å². The zero-order valence-electron chi connectivity index (χ0n) is 14.6. The van der Waals surface area contributed by atoms with Crippen LogP contribution in [0.4, 0.5) is 0 Å². The van der Waals surface area contributed by atoms with Gasteiger partial charge < -0.3 is 4.74 Å². The van der Waals surface area contributed by atoms with Crippen molar-refractivity contribution in [3.8, 4) is 0 Å². The number of aromatic amines is 1. The number of aryl methyl sites for hydroxylation is 1. The molecule has 1 fully saturated rings. The van der Waals surface area contributed by atoms with Gasteiger partial charge in [0, 0.05) is 24.3 Å². The first-order chi connectivity index (χ1) is 11.4. The highest BCUT2D eigenvalue weighted by molar-refractivity contribution is 5.97. The van der Waals surface area contributed by atoms with E-state index in [4.69, 9.17) is 4.74 Å². The first-order valence-electron chi connectivity index (χ1n) is 8.41. The maximum Gasteiger partial charge on any atom is 0.343 e. The van der Waals surface area contributed by atoms with Gasteiger partial charge in [-0.15, -0.1) is 0 Å². The van der Waals surface area contributed by atoms with Gasteiger partial charge in [-0.3, -0.25) is 14.8 Å². The molecule has 1 saturated carbocycles. The Balaban J connectivity index is 1.96. The number of ether oxygens (including phenoxy) is 1. The lowest BCUT2D eigenvalue weighted by molar-refractivity contribution is 0.0527. The molecule has 0 saturated heterocycles. The van der Waals surface area contributed by atoms with Gasteiger partial charge in [-0.2, -0.15) is 0 Å². The molecule has 0 bridgehead atoms. The van der Waals surface area contributed by atoms with Crippen LogP contribution in [0.25, 0.3) is 5.65 Å². The molecule has 7 nitrogen and oxygen atoms in total. The minimum absolute atomic E-state index is 0.221. The van der Waals surface area contributed by atoms with Crippen molar-refractivity contribution in [1.82, 2.24) is 19.5 Å². The van der Waals surface area contributed by atoms with Crippen LogP contribution in [-0.2, 0) is 11.3 Å². The fourth-order valence-electron chi connectivity index (χ4n) is 3.06. The molecule has 24 heavy (non-hydrogen) atoms. The van der Waals surface area contributed by atoms with Gasteiger partial charge in [0.1, 0.15) is 5.56 Å². The van der Waals surface area contributed by atoms with Gasteiger partial charge >= 0.3 is 5.97 Å². The number of nitrogens with zero attached hydrogens (tertiary/aromatic N) is 3. The number of hydrogen-bond donors (Lipinski definition) is 1. The Morgan fingerprint density at radius 1 is 1.54 bits per heavy atom. The van der Waals surface area contributed by atoms with E-state index >= 15 is 0 Å². The van der Waals surface area contributed by atoms with E-state index in [0.29, 0.717) is 35.2 Å². The van der Waals surface area contributed by atoms with E-state index in [1.165, 1.54) is 23.4 Å². The lowest BCUT2D eigenvalue weighted by Crippen LogP contribution is -2.31. The fourth-order valence-corrected chi connectivity index (χ4v) is 3.06. The molecule has 7 heteroatoms. The van der Waals surface area contributed by atoms with Gasteiger partial charge in [0.2, 0.25) is 0 Å². The SMILES string of the molecule is CCOC(=O)c1c(C)[nH]n2c(=O)cc(CN(C)C(C)C3CC3)nc12. The number of carbonyl (C=O) groups excluding carboxylic acids is 1. The molecule has 2 aromatic heterocycles. The van der Waals surface area contributed by atoms with Gasteiger partial charge in [0.25, 0.3) is 5.56 Å².